The summed E-state index contributed by atoms with van der Waals surface area (Å²) in [4.78, 5) is 25.4. The van der Waals surface area contributed by atoms with Crippen molar-refractivity contribution in [3.63, 3.8) is 0 Å². The lowest BCUT2D eigenvalue weighted by molar-refractivity contribution is 0.121. The predicted octanol–water partition coefficient (Wildman–Crippen LogP) is 4.22. The number of nitrogens with one attached hydrogen (secondary N) is 1. The van der Waals surface area contributed by atoms with Gasteiger partial charge in [-0.15, -0.1) is 5.10 Å². The van der Waals surface area contributed by atoms with Crippen molar-refractivity contribution in [1.82, 2.24) is 24.5 Å². The van der Waals surface area contributed by atoms with Crippen molar-refractivity contribution in [2.24, 2.45) is 0 Å². The van der Waals surface area contributed by atoms with Gasteiger partial charge in [0.15, 0.2) is 5.82 Å². The van der Waals surface area contributed by atoms with Gasteiger partial charge in [0.05, 0.1) is 7.11 Å². The van der Waals surface area contributed by atoms with Crippen LogP contribution < -0.4 is 10.2 Å². The first-order chi connectivity index (χ1) is 17.1. The standard InChI is InChI=1S/C26H29N7O2/c1-17(20-10-7-18-5-3-4-6-21(18)15-20)27-23-16-22(31-11-13-32(14-12-31)26(34)35-2)28-25-29-24(19-8-9-19)30-33(23)25/h3-7,10,15-17,19,27H,8-9,11-14H2,1-2H3/t17-/m1/s1. The van der Waals surface area contributed by atoms with Gasteiger partial charge in [-0.3, -0.25) is 0 Å². The van der Waals surface area contributed by atoms with Gasteiger partial charge in [-0.1, -0.05) is 36.4 Å². The summed E-state index contributed by atoms with van der Waals surface area (Å²) < 4.78 is 6.70. The Morgan fingerprint density at radius 1 is 1.03 bits per heavy atom. The molecular formula is C26H29N7O2. The smallest absolute Gasteiger partial charge is 0.409 e. The number of hydrogen-bond donors (Lipinski definition) is 1. The van der Waals surface area contributed by atoms with Crippen molar-refractivity contribution < 1.29 is 9.53 Å². The third-order valence-corrected chi connectivity index (χ3v) is 6.93. The van der Waals surface area contributed by atoms with Crippen molar-refractivity contribution in [2.75, 3.05) is 43.5 Å². The fourth-order valence-electron chi connectivity index (χ4n) is 4.68. The average molecular weight is 472 g/mol. The largest absolute Gasteiger partial charge is 0.453 e. The van der Waals surface area contributed by atoms with E-state index in [0.29, 0.717) is 37.9 Å². The number of rotatable bonds is 5. The van der Waals surface area contributed by atoms with Gasteiger partial charge >= 0.3 is 6.09 Å². The van der Waals surface area contributed by atoms with Crippen molar-refractivity contribution in [2.45, 2.75) is 31.7 Å². The molecule has 0 radical (unpaired) electrons. The molecule has 4 aromatic rings. The van der Waals surface area contributed by atoms with Gasteiger partial charge in [0.2, 0.25) is 0 Å². The van der Waals surface area contributed by atoms with Gasteiger partial charge in [0, 0.05) is 44.2 Å². The fourth-order valence-corrected chi connectivity index (χ4v) is 4.68. The Morgan fingerprint density at radius 3 is 2.54 bits per heavy atom. The molecule has 2 aromatic carbocycles. The Balaban J connectivity index is 1.31. The summed E-state index contributed by atoms with van der Waals surface area (Å²) in [6.45, 7) is 4.71. The van der Waals surface area contributed by atoms with Crippen LogP contribution in [0.15, 0.2) is 48.5 Å². The second-order valence-corrected chi connectivity index (χ2v) is 9.37. The Bertz CT molecular complexity index is 1390. The first-order valence-electron chi connectivity index (χ1n) is 12.2. The molecule has 1 saturated carbocycles. The van der Waals surface area contributed by atoms with Crippen molar-refractivity contribution >= 4 is 34.3 Å². The summed E-state index contributed by atoms with van der Waals surface area (Å²) in [5.41, 5.74) is 1.20. The minimum absolute atomic E-state index is 0.0582. The molecule has 35 heavy (non-hydrogen) atoms. The summed E-state index contributed by atoms with van der Waals surface area (Å²) >= 11 is 0. The molecule has 1 N–H and O–H groups in total. The van der Waals surface area contributed by atoms with Crippen molar-refractivity contribution in [3.8, 4) is 0 Å². The van der Waals surface area contributed by atoms with E-state index in [1.54, 1.807) is 4.90 Å². The van der Waals surface area contributed by atoms with E-state index in [1.807, 2.05) is 10.6 Å². The number of benzene rings is 2. The number of hydrogen-bond acceptors (Lipinski definition) is 7. The maximum absolute atomic E-state index is 11.9. The normalized spacial score (nSPS) is 17.1. The summed E-state index contributed by atoms with van der Waals surface area (Å²) in [6, 6.07) is 17.1. The number of aromatic nitrogens is 4. The molecule has 2 fully saturated rings. The number of anilines is 2. The van der Waals surface area contributed by atoms with Gasteiger partial charge < -0.3 is 19.9 Å². The number of amides is 1. The number of nitrogens with zero attached hydrogens (tertiary/aromatic N) is 6. The molecule has 0 bridgehead atoms. The molecule has 9 heteroatoms. The van der Waals surface area contributed by atoms with Crippen molar-refractivity contribution in [3.05, 3.63) is 59.9 Å². The first-order valence-corrected chi connectivity index (χ1v) is 12.2. The summed E-state index contributed by atoms with van der Waals surface area (Å²) in [7, 11) is 1.42. The van der Waals surface area contributed by atoms with E-state index in [4.69, 9.17) is 19.8 Å². The number of carbonyl (C=O) groups is 1. The molecular weight excluding hydrogens is 442 g/mol. The molecule has 1 aliphatic heterocycles. The highest BCUT2D eigenvalue weighted by molar-refractivity contribution is 5.83. The highest BCUT2D eigenvalue weighted by Crippen LogP contribution is 2.38. The van der Waals surface area contributed by atoms with E-state index in [1.165, 1.54) is 23.4 Å². The lowest BCUT2D eigenvalue weighted by atomic mass is 10.0. The van der Waals surface area contributed by atoms with E-state index in [2.05, 4.69) is 59.6 Å². The molecule has 3 heterocycles. The van der Waals surface area contributed by atoms with Crippen molar-refractivity contribution in [1.29, 1.82) is 0 Å². The van der Waals surface area contributed by atoms with E-state index in [0.717, 1.165) is 30.3 Å². The first kappa shape index (κ1) is 21.6. The highest BCUT2D eigenvalue weighted by atomic mass is 16.5. The maximum atomic E-state index is 11.9. The Labute approximate surface area is 203 Å². The fraction of sp³-hybridized carbons (Fsp3) is 0.385. The van der Waals surface area contributed by atoms with Gasteiger partial charge in [0.1, 0.15) is 11.6 Å². The molecule has 180 valence electrons. The van der Waals surface area contributed by atoms with Crippen LogP contribution in [0.3, 0.4) is 0 Å². The maximum Gasteiger partial charge on any atom is 0.409 e. The zero-order valence-corrected chi connectivity index (χ0v) is 20.0. The van der Waals surface area contributed by atoms with Crippen LogP contribution in [0.4, 0.5) is 16.4 Å². The van der Waals surface area contributed by atoms with Crippen LogP contribution in [0.5, 0.6) is 0 Å². The summed E-state index contributed by atoms with van der Waals surface area (Å²) in [5, 5.41) is 10.9. The minimum atomic E-state index is -0.286. The monoisotopic (exact) mass is 471 g/mol. The minimum Gasteiger partial charge on any atom is -0.453 e. The Morgan fingerprint density at radius 2 is 1.80 bits per heavy atom. The van der Waals surface area contributed by atoms with E-state index >= 15 is 0 Å². The number of carbonyl (C=O) groups excluding carboxylic acids is 1. The molecule has 0 spiro atoms. The number of methoxy groups -OCH3 is 1. The SMILES string of the molecule is COC(=O)N1CCN(c2cc(N[C@H](C)c3ccc4ccccc4c3)n3nc(C4CC4)nc3n2)CC1. The lowest BCUT2D eigenvalue weighted by Gasteiger charge is -2.34. The van der Waals surface area contributed by atoms with Crippen LogP contribution in [0.1, 0.15) is 43.1 Å². The Kier molecular flexibility index (Phi) is 5.39. The van der Waals surface area contributed by atoms with Gasteiger partial charge in [-0.25, -0.2) is 4.79 Å². The van der Waals surface area contributed by atoms with Gasteiger partial charge in [-0.2, -0.15) is 14.5 Å². The highest BCUT2D eigenvalue weighted by Gasteiger charge is 2.29. The zero-order valence-electron chi connectivity index (χ0n) is 20.0. The quantitative estimate of drug-likeness (QED) is 0.466. The number of fused-ring (bicyclic) bond motifs is 2. The molecule has 6 rings (SSSR count). The second kappa shape index (κ2) is 8.72. The predicted molar refractivity (Wildman–Crippen MR) is 135 cm³/mol. The molecule has 1 aliphatic carbocycles. The van der Waals surface area contributed by atoms with Gasteiger partial charge in [-0.05, 0) is 42.2 Å². The van der Waals surface area contributed by atoms with Crippen LogP contribution in [0.2, 0.25) is 0 Å². The zero-order chi connectivity index (χ0) is 23.9. The third kappa shape index (κ3) is 4.22. The average Bonchev–Trinajstić information content (AvgIpc) is 3.66. The molecule has 1 saturated heterocycles. The Hall–Kier alpha value is -3.88. The van der Waals surface area contributed by atoms with Gasteiger partial charge in [0.25, 0.3) is 5.78 Å². The van der Waals surface area contributed by atoms with E-state index in [-0.39, 0.29) is 12.1 Å². The molecule has 1 atom stereocenters. The number of ether oxygens (including phenoxy) is 1. The number of piperazine rings is 1. The summed E-state index contributed by atoms with van der Waals surface area (Å²) in [5.74, 6) is 3.61. The lowest BCUT2D eigenvalue weighted by Crippen LogP contribution is -2.49. The molecule has 2 aliphatic rings. The van der Waals surface area contributed by atoms with Crippen LogP contribution >= 0.6 is 0 Å². The molecule has 1 amide bonds. The van der Waals surface area contributed by atoms with E-state index in [9.17, 15) is 4.79 Å². The molecule has 0 unspecified atom stereocenters. The topological polar surface area (TPSA) is 87.9 Å². The van der Waals surface area contributed by atoms with Crippen LogP contribution in [-0.4, -0.2) is 63.9 Å². The summed E-state index contributed by atoms with van der Waals surface area (Å²) in [6.07, 6.45) is 1.98. The second-order valence-electron chi connectivity index (χ2n) is 9.37. The molecule has 9 nitrogen and oxygen atoms in total. The third-order valence-electron chi connectivity index (χ3n) is 6.93. The van der Waals surface area contributed by atoms with Crippen LogP contribution in [-0.2, 0) is 4.74 Å². The van der Waals surface area contributed by atoms with Crippen LogP contribution in [0, 0.1) is 0 Å². The van der Waals surface area contributed by atoms with E-state index < -0.39 is 0 Å². The van der Waals surface area contributed by atoms with Crippen LogP contribution in [0.25, 0.3) is 16.6 Å². The molecule has 2 aromatic heterocycles.